The SMILES string of the molecule is C[C@@H](CO)n1c2c(c(Nc3ccccc3)c1-c1ccncc1)C(=O)C[C@H](C(N)=O)C2. The molecular weight excluding hydrogens is 380 g/mol. The van der Waals surface area contributed by atoms with Crippen LogP contribution in [-0.2, 0) is 11.2 Å². The number of ketones is 1. The molecule has 0 fully saturated rings. The average Bonchev–Trinajstić information content (AvgIpc) is 3.09. The summed E-state index contributed by atoms with van der Waals surface area (Å²) in [6.07, 6.45) is 3.82. The molecule has 7 nitrogen and oxygen atoms in total. The van der Waals surface area contributed by atoms with Crippen LogP contribution in [0.1, 0.15) is 35.4 Å². The Bertz CT molecular complexity index is 1080. The standard InChI is InChI=1S/C23H24N4O3/c1-14(13-28)27-18-11-16(23(24)30)12-19(29)20(18)21(26-17-5-3-2-4-6-17)22(27)15-7-9-25-10-8-15/h2-10,14,16,26,28H,11-13H2,1H3,(H2,24,30)/t14-,16+/m0/s1. The van der Waals surface area contributed by atoms with Gasteiger partial charge in [0.25, 0.3) is 0 Å². The third-order valence-corrected chi connectivity index (χ3v) is 5.56. The van der Waals surface area contributed by atoms with Crippen LogP contribution >= 0.6 is 0 Å². The van der Waals surface area contributed by atoms with Gasteiger partial charge in [0.2, 0.25) is 5.91 Å². The number of benzene rings is 1. The molecule has 0 spiro atoms. The molecule has 4 N–H and O–H groups in total. The molecule has 0 unspecified atom stereocenters. The van der Waals surface area contributed by atoms with Gasteiger partial charge in [-0.15, -0.1) is 0 Å². The fraction of sp³-hybridized carbons (Fsp3) is 0.261. The molecule has 1 aliphatic carbocycles. The molecule has 2 aromatic heterocycles. The molecule has 7 heteroatoms. The Balaban J connectivity index is 2.00. The van der Waals surface area contributed by atoms with Crippen molar-refractivity contribution in [2.45, 2.75) is 25.8 Å². The van der Waals surface area contributed by atoms with Gasteiger partial charge >= 0.3 is 0 Å². The van der Waals surface area contributed by atoms with Crippen molar-refractivity contribution >= 4 is 23.1 Å². The van der Waals surface area contributed by atoms with E-state index < -0.39 is 11.8 Å². The number of aliphatic hydroxyl groups is 1. The Kier molecular flexibility index (Phi) is 5.37. The zero-order valence-electron chi connectivity index (χ0n) is 16.7. The van der Waals surface area contributed by atoms with Gasteiger partial charge in [0.15, 0.2) is 5.78 Å². The van der Waals surface area contributed by atoms with E-state index in [0.717, 1.165) is 22.6 Å². The highest BCUT2D eigenvalue weighted by Crippen LogP contribution is 2.44. The van der Waals surface area contributed by atoms with Crippen molar-refractivity contribution in [2.24, 2.45) is 11.7 Å². The molecule has 1 aliphatic rings. The van der Waals surface area contributed by atoms with Crippen molar-refractivity contribution in [2.75, 3.05) is 11.9 Å². The predicted molar refractivity (Wildman–Crippen MR) is 115 cm³/mol. The molecular formula is C23H24N4O3. The molecule has 2 heterocycles. The van der Waals surface area contributed by atoms with E-state index in [9.17, 15) is 14.7 Å². The summed E-state index contributed by atoms with van der Waals surface area (Å²) in [7, 11) is 0. The van der Waals surface area contributed by atoms with E-state index in [1.165, 1.54) is 0 Å². The van der Waals surface area contributed by atoms with Gasteiger partial charge in [0.05, 0.1) is 35.5 Å². The average molecular weight is 404 g/mol. The largest absolute Gasteiger partial charge is 0.394 e. The van der Waals surface area contributed by atoms with E-state index >= 15 is 0 Å². The number of amides is 1. The number of hydrogen-bond donors (Lipinski definition) is 3. The number of para-hydroxylation sites is 1. The highest BCUT2D eigenvalue weighted by molar-refractivity contribution is 6.09. The van der Waals surface area contributed by atoms with E-state index in [-0.39, 0.29) is 24.9 Å². The van der Waals surface area contributed by atoms with Crippen molar-refractivity contribution in [1.82, 2.24) is 9.55 Å². The minimum Gasteiger partial charge on any atom is -0.394 e. The zero-order chi connectivity index (χ0) is 21.3. The molecule has 30 heavy (non-hydrogen) atoms. The quantitative estimate of drug-likeness (QED) is 0.585. The molecule has 1 amide bonds. The number of carbonyl (C=O) groups is 2. The van der Waals surface area contributed by atoms with Gasteiger partial charge in [-0.3, -0.25) is 14.6 Å². The zero-order valence-corrected chi connectivity index (χ0v) is 16.7. The number of fused-ring (bicyclic) bond motifs is 1. The molecule has 0 aliphatic heterocycles. The summed E-state index contributed by atoms with van der Waals surface area (Å²) in [5, 5.41) is 13.4. The van der Waals surface area contributed by atoms with Crippen LogP contribution in [0.5, 0.6) is 0 Å². The monoisotopic (exact) mass is 404 g/mol. The van der Waals surface area contributed by atoms with Crippen molar-refractivity contribution in [3.8, 4) is 11.3 Å². The van der Waals surface area contributed by atoms with Crippen molar-refractivity contribution in [3.63, 3.8) is 0 Å². The fourth-order valence-electron chi connectivity index (χ4n) is 4.12. The summed E-state index contributed by atoms with van der Waals surface area (Å²) in [5.41, 5.74) is 10.00. The molecule has 0 saturated heterocycles. The number of aliphatic hydroxyl groups excluding tert-OH is 1. The first kappa shape index (κ1) is 19.8. The maximum atomic E-state index is 13.2. The lowest BCUT2D eigenvalue weighted by molar-refractivity contribution is -0.121. The van der Waals surface area contributed by atoms with Gasteiger partial charge in [-0.25, -0.2) is 0 Å². The maximum Gasteiger partial charge on any atom is 0.221 e. The summed E-state index contributed by atoms with van der Waals surface area (Å²) in [5.74, 6) is -1.17. The number of carbonyl (C=O) groups excluding carboxylic acids is 2. The molecule has 1 aromatic carbocycles. The van der Waals surface area contributed by atoms with E-state index in [4.69, 9.17) is 5.73 Å². The first-order valence-corrected chi connectivity index (χ1v) is 9.94. The third-order valence-electron chi connectivity index (χ3n) is 5.56. The van der Waals surface area contributed by atoms with Gasteiger partial charge in [-0.2, -0.15) is 0 Å². The van der Waals surface area contributed by atoms with Crippen LogP contribution in [-0.4, -0.2) is 33.0 Å². The number of nitrogens with zero attached hydrogens (tertiary/aromatic N) is 2. The Morgan fingerprint density at radius 2 is 1.93 bits per heavy atom. The second-order valence-electron chi connectivity index (χ2n) is 7.60. The molecule has 0 bridgehead atoms. The lowest BCUT2D eigenvalue weighted by atomic mass is 9.85. The van der Waals surface area contributed by atoms with Crippen LogP contribution in [0.2, 0.25) is 0 Å². The van der Waals surface area contributed by atoms with Crippen LogP contribution in [0.4, 0.5) is 11.4 Å². The second-order valence-corrected chi connectivity index (χ2v) is 7.60. The Morgan fingerprint density at radius 1 is 1.23 bits per heavy atom. The van der Waals surface area contributed by atoms with Gasteiger partial charge in [0.1, 0.15) is 0 Å². The molecule has 2 atom stereocenters. The third kappa shape index (κ3) is 3.48. The highest BCUT2D eigenvalue weighted by atomic mass is 16.3. The van der Waals surface area contributed by atoms with E-state index in [0.29, 0.717) is 17.7 Å². The fourth-order valence-corrected chi connectivity index (χ4v) is 4.12. The second kappa shape index (κ2) is 8.12. The minimum atomic E-state index is -0.556. The Hall–Kier alpha value is -3.45. The van der Waals surface area contributed by atoms with Gasteiger partial charge in [-0.05, 0) is 31.2 Å². The van der Waals surface area contributed by atoms with Crippen LogP contribution in [0, 0.1) is 5.92 Å². The minimum absolute atomic E-state index is 0.0824. The number of nitrogens with one attached hydrogen (secondary N) is 1. The molecule has 0 radical (unpaired) electrons. The van der Waals surface area contributed by atoms with Crippen LogP contribution in [0.3, 0.4) is 0 Å². The number of pyridine rings is 1. The molecule has 154 valence electrons. The normalized spacial score (nSPS) is 16.7. The number of anilines is 2. The van der Waals surface area contributed by atoms with Crippen molar-refractivity contribution < 1.29 is 14.7 Å². The van der Waals surface area contributed by atoms with Crippen LogP contribution < -0.4 is 11.1 Å². The first-order chi connectivity index (χ1) is 14.5. The Morgan fingerprint density at radius 3 is 2.57 bits per heavy atom. The summed E-state index contributed by atoms with van der Waals surface area (Å²) in [6.45, 7) is 1.77. The topological polar surface area (TPSA) is 110 Å². The summed E-state index contributed by atoms with van der Waals surface area (Å²) >= 11 is 0. The number of primary amides is 1. The van der Waals surface area contributed by atoms with Gasteiger partial charge in [0, 0.05) is 42.2 Å². The number of rotatable bonds is 6. The van der Waals surface area contributed by atoms with Crippen LogP contribution in [0.15, 0.2) is 54.9 Å². The van der Waals surface area contributed by atoms with Crippen LogP contribution in [0.25, 0.3) is 11.3 Å². The summed E-state index contributed by atoms with van der Waals surface area (Å²) in [4.78, 5) is 29.2. The van der Waals surface area contributed by atoms with Crippen molar-refractivity contribution in [3.05, 3.63) is 66.1 Å². The number of hydrogen-bond acceptors (Lipinski definition) is 5. The number of Topliss-reactive ketones (excluding diaryl/α,β-unsaturated/α-hetero) is 1. The maximum absolute atomic E-state index is 13.2. The number of nitrogens with two attached hydrogens (primary N) is 1. The summed E-state index contributed by atoms with van der Waals surface area (Å²) < 4.78 is 1.96. The molecule has 0 saturated carbocycles. The molecule has 3 aromatic rings. The van der Waals surface area contributed by atoms with E-state index in [1.807, 2.05) is 54.0 Å². The predicted octanol–water partition coefficient (Wildman–Crippen LogP) is 3.08. The van der Waals surface area contributed by atoms with Crippen molar-refractivity contribution in [1.29, 1.82) is 0 Å². The smallest absolute Gasteiger partial charge is 0.221 e. The number of aromatic nitrogens is 2. The van der Waals surface area contributed by atoms with E-state index in [2.05, 4.69) is 10.3 Å². The lowest BCUT2D eigenvalue weighted by Gasteiger charge is -2.24. The van der Waals surface area contributed by atoms with Gasteiger partial charge < -0.3 is 20.7 Å². The first-order valence-electron chi connectivity index (χ1n) is 9.94. The van der Waals surface area contributed by atoms with E-state index in [1.54, 1.807) is 12.4 Å². The lowest BCUT2D eigenvalue weighted by Crippen LogP contribution is -2.32. The Labute approximate surface area is 174 Å². The summed E-state index contributed by atoms with van der Waals surface area (Å²) in [6, 6.07) is 13.0. The van der Waals surface area contributed by atoms with Gasteiger partial charge in [-0.1, -0.05) is 18.2 Å². The highest BCUT2D eigenvalue weighted by Gasteiger charge is 2.37. The molecule has 4 rings (SSSR count).